The molecule has 2 rings (SSSR count). The van der Waals surface area contributed by atoms with Crippen LogP contribution in [0, 0.1) is 6.92 Å². The van der Waals surface area contributed by atoms with E-state index in [2.05, 4.69) is 21.0 Å². The van der Waals surface area contributed by atoms with Gasteiger partial charge >= 0.3 is 6.18 Å². The Labute approximate surface area is 104 Å². The van der Waals surface area contributed by atoms with Gasteiger partial charge in [0.2, 0.25) is 0 Å². The summed E-state index contributed by atoms with van der Waals surface area (Å²) in [5, 5.41) is 3.72. The zero-order chi connectivity index (χ0) is 12.6. The molecule has 6 heteroatoms. The molecule has 2 nitrogen and oxygen atoms in total. The molecule has 1 aromatic carbocycles. The predicted octanol–water partition coefficient (Wildman–Crippen LogP) is 3.96. The summed E-state index contributed by atoms with van der Waals surface area (Å²) in [4.78, 5) is 0. The molecule has 0 saturated carbocycles. The van der Waals surface area contributed by atoms with Crippen LogP contribution in [-0.4, -0.2) is 9.78 Å². The second kappa shape index (κ2) is 4.18. The molecule has 0 bridgehead atoms. The molecule has 0 spiro atoms. The van der Waals surface area contributed by atoms with Crippen LogP contribution in [0.4, 0.5) is 13.2 Å². The molecule has 0 fully saturated rings. The first kappa shape index (κ1) is 12.2. The number of rotatable bonds is 1. The maximum atomic E-state index is 12.7. The Morgan fingerprint density at radius 1 is 1.24 bits per heavy atom. The topological polar surface area (TPSA) is 17.8 Å². The molecule has 1 aromatic heterocycles. The van der Waals surface area contributed by atoms with E-state index in [0.29, 0.717) is 11.3 Å². The molecule has 90 valence electrons. The van der Waals surface area contributed by atoms with Crippen LogP contribution in [0.15, 0.2) is 34.9 Å². The van der Waals surface area contributed by atoms with Gasteiger partial charge in [0.25, 0.3) is 0 Å². The first-order valence-corrected chi connectivity index (χ1v) is 5.56. The van der Waals surface area contributed by atoms with Gasteiger partial charge in [-0.15, -0.1) is 0 Å². The van der Waals surface area contributed by atoms with Gasteiger partial charge in [0.15, 0.2) is 0 Å². The fourth-order valence-electron chi connectivity index (χ4n) is 1.57. The first-order chi connectivity index (χ1) is 7.89. The highest BCUT2D eigenvalue weighted by Crippen LogP contribution is 2.31. The van der Waals surface area contributed by atoms with Crippen LogP contribution in [0.25, 0.3) is 5.69 Å². The molecule has 0 atom stereocenters. The Bertz CT molecular complexity index is 546. The van der Waals surface area contributed by atoms with E-state index in [1.165, 1.54) is 0 Å². The molecule has 0 unspecified atom stereocenters. The van der Waals surface area contributed by atoms with Crippen LogP contribution in [0.2, 0.25) is 0 Å². The van der Waals surface area contributed by atoms with E-state index in [1.54, 1.807) is 25.1 Å². The number of hydrogen-bond donors (Lipinski definition) is 0. The van der Waals surface area contributed by atoms with Crippen molar-refractivity contribution in [2.24, 2.45) is 0 Å². The lowest BCUT2D eigenvalue weighted by molar-refractivity contribution is -0.142. The summed E-state index contributed by atoms with van der Waals surface area (Å²) in [6.07, 6.45) is -3.26. The Hall–Kier alpha value is -1.30. The minimum Gasteiger partial charge on any atom is -0.228 e. The third-order valence-electron chi connectivity index (χ3n) is 2.32. The summed E-state index contributed by atoms with van der Waals surface area (Å²) >= 11 is 3.27. The molecule has 1 heterocycles. The van der Waals surface area contributed by atoms with E-state index in [9.17, 15) is 13.2 Å². The van der Waals surface area contributed by atoms with Crippen molar-refractivity contribution in [3.8, 4) is 5.69 Å². The van der Waals surface area contributed by atoms with Crippen LogP contribution in [0.3, 0.4) is 0 Å². The minimum absolute atomic E-state index is 0.422. The van der Waals surface area contributed by atoms with Gasteiger partial charge in [0.05, 0.1) is 11.9 Å². The van der Waals surface area contributed by atoms with Crippen molar-refractivity contribution in [1.82, 2.24) is 9.78 Å². The first-order valence-electron chi connectivity index (χ1n) is 4.77. The molecule has 0 amide bonds. The van der Waals surface area contributed by atoms with Crippen molar-refractivity contribution < 1.29 is 13.2 Å². The highest BCUT2D eigenvalue weighted by molar-refractivity contribution is 9.10. The summed E-state index contributed by atoms with van der Waals surface area (Å²) in [6.45, 7) is 1.74. The van der Waals surface area contributed by atoms with E-state index >= 15 is 0 Å². The summed E-state index contributed by atoms with van der Waals surface area (Å²) in [5.74, 6) is 0. The maximum absolute atomic E-state index is 12.7. The van der Waals surface area contributed by atoms with E-state index in [4.69, 9.17) is 0 Å². The molecule has 17 heavy (non-hydrogen) atoms. The van der Waals surface area contributed by atoms with Crippen molar-refractivity contribution in [3.05, 3.63) is 46.2 Å². The van der Waals surface area contributed by atoms with Crippen LogP contribution >= 0.6 is 15.9 Å². The number of aromatic nitrogens is 2. The SMILES string of the molecule is Cc1cc(Br)ccc1-n1nccc1C(F)(F)F. The second-order valence-corrected chi connectivity index (χ2v) is 4.47. The lowest BCUT2D eigenvalue weighted by Gasteiger charge is -2.12. The summed E-state index contributed by atoms with van der Waals surface area (Å²) < 4.78 is 39.8. The van der Waals surface area contributed by atoms with Gasteiger partial charge in [-0.2, -0.15) is 18.3 Å². The van der Waals surface area contributed by atoms with Crippen molar-refractivity contribution in [2.75, 3.05) is 0 Å². The monoisotopic (exact) mass is 304 g/mol. The van der Waals surface area contributed by atoms with Crippen LogP contribution in [0.1, 0.15) is 11.3 Å². The molecule has 0 saturated heterocycles. The molecular weight excluding hydrogens is 297 g/mol. The molecule has 2 aromatic rings. The third-order valence-corrected chi connectivity index (χ3v) is 2.81. The number of nitrogens with zero attached hydrogens (tertiary/aromatic N) is 2. The van der Waals surface area contributed by atoms with Gasteiger partial charge in [0, 0.05) is 4.47 Å². The van der Waals surface area contributed by atoms with Crippen molar-refractivity contribution in [1.29, 1.82) is 0 Å². The maximum Gasteiger partial charge on any atom is 0.433 e. The smallest absolute Gasteiger partial charge is 0.228 e. The summed E-state index contributed by atoms with van der Waals surface area (Å²) in [6, 6.07) is 5.99. The van der Waals surface area contributed by atoms with Gasteiger partial charge in [-0.05, 0) is 36.8 Å². The Balaban J connectivity index is 2.58. The number of alkyl halides is 3. The van der Waals surface area contributed by atoms with Gasteiger partial charge in [-0.1, -0.05) is 15.9 Å². The minimum atomic E-state index is -4.41. The zero-order valence-electron chi connectivity index (χ0n) is 8.79. The average molecular weight is 305 g/mol. The Morgan fingerprint density at radius 3 is 2.53 bits per heavy atom. The van der Waals surface area contributed by atoms with Gasteiger partial charge in [-0.25, -0.2) is 4.68 Å². The third kappa shape index (κ3) is 2.36. The normalized spacial score (nSPS) is 11.8. The Kier molecular flexibility index (Phi) is 2.99. The molecule has 0 aliphatic rings. The quantitative estimate of drug-likeness (QED) is 0.780. The fraction of sp³-hybridized carbons (Fsp3) is 0.182. The molecular formula is C11H8BrF3N2. The molecule has 0 N–H and O–H groups in total. The summed E-state index contributed by atoms with van der Waals surface area (Å²) in [7, 11) is 0. The molecule has 0 aliphatic carbocycles. The second-order valence-electron chi connectivity index (χ2n) is 3.56. The predicted molar refractivity (Wildman–Crippen MR) is 61.0 cm³/mol. The highest BCUT2D eigenvalue weighted by Gasteiger charge is 2.35. The van der Waals surface area contributed by atoms with E-state index < -0.39 is 11.9 Å². The van der Waals surface area contributed by atoms with E-state index in [-0.39, 0.29) is 0 Å². The van der Waals surface area contributed by atoms with E-state index in [1.807, 2.05) is 0 Å². The van der Waals surface area contributed by atoms with Crippen LogP contribution < -0.4 is 0 Å². The van der Waals surface area contributed by atoms with Crippen LogP contribution in [-0.2, 0) is 6.18 Å². The largest absolute Gasteiger partial charge is 0.433 e. The zero-order valence-corrected chi connectivity index (χ0v) is 10.4. The average Bonchev–Trinajstić information content (AvgIpc) is 2.65. The van der Waals surface area contributed by atoms with Crippen LogP contribution in [0.5, 0.6) is 0 Å². The van der Waals surface area contributed by atoms with E-state index in [0.717, 1.165) is 21.4 Å². The number of halogens is 4. The van der Waals surface area contributed by atoms with Gasteiger partial charge < -0.3 is 0 Å². The Morgan fingerprint density at radius 2 is 1.94 bits per heavy atom. The highest BCUT2D eigenvalue weighted by atomic mass is 79.9. The lowest BCUT2D eigenvalue weighted by atomic mass is 10.2. The van der Waals surface area contributed by atoms with Crippen molar-refractivity contribution in [3.63, 3.8) is 0 Å². The van der Waals surface area contributed by atoms with Gasteiger partial charge in [-0.3, -0.25) is 0 Å². The van der Waals surface area contributed by atoms with Gasteiger partial charge in [0.1, 0.15) is 5.69 Å². The molecule has 0 aliphatic heterocycles. The standard InChI is InChI=1S/C11H8BrF3N2/c1-7-6-8(12)2-3-9(7)17-10(4-5-16-17)11(13,14)15/h2-6H,1H3. The van der Waals surface area contributed by atoms with Crippen molar-refractivity contribution >= 4 is 15.9 Å². The molecule has 0 radical (unpaired) electrons. The number of benzene rings is 1. The van der Waals surface area contributed by atoms with Crippen molar-refractivity contribution in [2.45, 2.75) is 13.1 Å². The summed E-state index contributed by atoms with van der Waals surface area (Å²) in [5.41, 5.74) is 0.363. The number of hydrogen-bond acceptors (Lipinski definition) is 1. The number of aryl methyl sites for hydroxylation is 1. The fourth-order valence-corrected chi connectivity index (χ4v) is 2.04. The lowest BCUT2D eigenvalue weighted by Crippen LogP contribution is -2.13.